The second-order valence-corrected chi connectivity index (χ2v) is 5.85. The Morgan fingerprint density at radius 3 is 2.84 bits per heavy atom. The number of nitrogens with two attached hydrogens (primary N) is 1. The number of fused-ring (bicyclic) bond motifs is 1. The SMILES string of the molecule is CC(C)(C)OC(=O)N1CCCc2nc(N)ccc2C1. The number of pyridine rings is 1. The summed E-state index contributed by atoms with van der Waals surface area (Å²) >= 11 is 0. The fraction of sp³-hybridized carbons (Fsp3) is 0.571. The third-order valence-corrected chi connectivity index (χ3v) is 2.94. The van der Waals surface area contributed by atoms with Crippen LogP contribution in [-0.2, 0) is 17.7 Å². The number of aryl methyl sites for hydroxylation is 1. The van der Waals surface area contributed by atoms with E-state index >= 15 is 0 Å². The molecule has 0 saturated heterocycles. The molecule has 0 bridgehead atoms. The molecule has 104 valence electrons. The van der Waals surface area contributed by atoms with Crippen molar-refractivity contribution in [2.75, 3.05) is 12.3 Å². The number of ether oxygens (including phenoxy) is 1. The maximum Gasteiger partial charge on any atom is 0.410 e. The third-order valence-electron chi connectivity index (χ3n) is 2.94. The lowest BCUT2D eigenvalue weighted by atomic mass is 10.1. The smallest absolute Gasteiger partial charge is 0.410 e. The first-order valence-corrected chi connectivity index (χ1v) is 6.57. The fourth-order valence-electron chi connectivity index (χ4n) is 2.11. The maximum atomic E-state index is 12.1. The first-order valence-electron chi connectivity index (χ1n) is 6.57. The number of hydrogen-bond donors (Lipinski definition) is 1. The van der Waals surface area contributed by atoms with Crippen LogP contribution in [0.2, 0.25) is 0 Å². The highest BCUT2D eigenvalue weighted by atomic mass is 16.6. The molecular weight excluding hydrogens is 242 g/mol. The van der Waals surface area contributed by atoms with Gasteiger partial charge in [0.05, 0.1) is 6.54 Å². The Bertz CT molecular complexity index is 480. The van der Waals surface area contributed by atoms with Crippen LogP contribution in [0.1, 0.15) is 38.4 Å². The van der Waals surface area contributed by atoms with Crippen molar-refractivity contribution in [1.82, 2.24) is 9.88 Å². The highest BCUT2D eigenvalue weighted by Gasteiger charge is 2.24. The molecule has 1 aliphatic heterocycles. The molecule has 0 unspecified atom stereocenters. The number of nitrogen functional groups attached to an aromatic ring is 1. The lowest BCUT2D eigenvalue weighted by Crippen LogP contribution is -2.36. The van der Waals surface area contributed by atoms with Crippen LogP contribution in [0.5, 0.6) is 0 Å². The van der Waals surface area contributed by atoms with Crippen LogP contribution in [0.3, 0.4) is 0 Å². The molecule has 0 radical (unpaired) electrons. The number of carbonyl (C=O) groups is 1. The van der Waals surface area contributed by atoms with Crippen molar-refractivity contribution in [3.63, 3.8) is 0 Å². The summed E-state index contributed by atoms with van der Waals surface area (Å²) in [6.45, 7) is 6.85. The maximum absolute atomic E-state index is 12.1. The average Bonchev–Trinajstić information content (AvgIpc) is 2.48. The first kappa shape index (κ1) is 13.6. The molecule has 0 aromatic carbocycles. The Morgan fingerprint density at radius 2 is 2.16 bits per heavy atom. The van der Waals surface area contributed by atoms with E-state index in [1.54, 1.807) is 11.0 Å². The van der Waals surface area contributed by atoms with Gasteiger partial charge in [-0.3, -0.25) is 0 Å². The minimum Gasteiger partial charge on any atom is -0.444 e. The number of hydrogen-bond acceptors (Lipinski definition) is 4. The molecule has 0 saturated carbocycles. The molecule has 0 fully saturated rings. The number of nitrogens with zero attached hydrogens (tertiary/aromatic N) is 2. The molecule has 2 rings (SSSR count). The van der Waals surface area contributed by atoms with Crippen molar-refractivity contribution >= 4 is 11.9 Å². The largest absolute Gasteiger partial charge is 0.444 e. The molecule has 1 aromatic rings. The summed E-state index contributed by atoms with van der Waals surface area (Å²) in [6, 6.07) is 3.72. The molecule has 5 heteroatoms. The summed E-state index contributed by atoms with van der Waals surface area (Å²) < 4.78 is 5.41. The number of anilines is 1. The van der Waals surface area contributed by atoms with Crippen LogP contribution in [0.25, 0.3) is 0 Å². The van der Waals surface area contributed by atoms with Gasteiger partial charge in [-0.1, -0.05) is 6.07 Å². The van der Waals surface area contributed by atoms with Gasteiger partial charge in [-0.25, -0.2) is 9.78 Å². The molecule has 0 spiro atoms. The monoisotopic (exact) mass is 263 g/mol. The van der Waals surface area contributed by atoms with Crippen molar-refractivity contribution in [3.05, 3.63) is 23.4 Å². The number of rotatable bonds is 0. The van der Waals surface area contributed by atoms with Gasteiger partial charge in [-0.05, 0) is 45.2 Å². The second-order valence-electron chi connectivity index (χ2n) is 5.85. The zero-order chi connectivity index (χ0) is 14.0. The van der Waals surface area contributed by atoms with Gasteiger partial charge in [0.25, 0.3) is 0 Å². The molecule has 1 aromatic heterocycles. The van der Waals surface area contributed by atoms with E-state index in [-0.39, 0.29) is 6.09 Å². The molecule has 1 aliphatic rings. The van der Waals surface area contributed by atoms with E-state index in [4.69, 9.17) is 10.5 Å². The van der Waals surface area contributed by atoms with Crippen LogP contribution in [0.4, 0.5) is 10.6 Å². The predicted molar refractivity (Wildman–Crippen MR) is 73.6 cm³/mol. The standard InChI is InChI=1S/C14H21N3O2/c1-14(2,3)19-13(18)17-8-4-5-11-10(9-17)6-7-12(15)16-11/h6-7H,4-5,8-9H2,1-3H3,(H2,15,16). The minimum atomic E-state index is -0.467. The number of aromatic nitrogens is 1. The lowest BCUT2D eigenvalue weighted by molar-refractivity contribution is 0.0237. The van der Waals surface area contributed by atoms with Gasteiger partial charge in [-0.15, -0.1) is 0 Å². The van der Waals surface area contributed by atoms with Gasteiger partial charge in [0.2, 0.25) is 0 Å². The summed E-state index contributed by atoms with van der Waals surface area (Å²) in [5.74, 6) is 0.532. The Kier molecular flexibility index (Phi) is 3.64. The van der Waals surface area contributed by atoms with Crippen LogP contribution < -0.4 is 5.73 Å². The van der Waals surface area contributed by atoms with Gasteiger partial charge in [0.15, 0.2) is 0 Å². The van der Waals surface area contributed by atoms with E-state index in [0.717, 1.165) is 24.1 Å². The van der Waals surface area contributed by atoms with Crippen LogP contribution in [0, 0.1) is 0 Å². The Labute approximate surface area is 113 Å². The molecule has 19 heavy (non-hydrogen) atoms. The van der Waals surface area contributed by atoms with E-state index in [1.807, 2.05) is 26.8 Å². The molecular formula is C14H21N3O2. The summed E-state index contributed by atoms with van der Waals surface area (Å²) in [6.07, 6.45) is 1.46. The summed E-state index contributed by atoms with van der Waals surface area (Å²) in [4.78, 5) is 18.2. The van der Waals surface area contributed by atoms with Gasteiger partial charge in [-0.2, -0.15) is 0 Å². The van der Waals surface area contributed by atoms with E-state index in [9.17, 15) is 4.79 Å². The van der Waals surface area contributed by atoms with E-state index < -0.39 is 5.60 Å². The summed E-state index contributed by atoms with van der Waals surface area (Å²) in [7, 11) is 0. The van der Waals surface area contributed by atoms with Crippen molar-refractivity contribution in [1.29, 1.82) is 0 Å². The fourth-order valence-corrected chi connectivity index (χ4v) is 2.11. The third kappa shape index (κ3) is 3.59. The summed E-state index contributed by atoms with van der Waals surface area (Å²) in [5.41, 5.74) is 7.27. The average molecular weight is 263 g/mol. The quantitative estimate of drug-likeness (QED) is 0.780. The molecule has 0 atom stereocenters. The predicted octanol–water partition coefficient (Wildman–Crippen LogP) is 2.35. The molecule has 5 nitrogen and oxygen atoms in total. The van der Waals surface area contributed by atoms with Gasteiger partial charge < -0.3 is 15.4 Å². The van der Waals surface area contributed by atoms with Crippen LogP contribution in [-0.4, -0.2) is 28.1 Å². The van der Waals surface area contributed by atoms with E-state index in [2.05, 4.69) is 4.98 Å². The van der Waals surface area contributed by atoms with Gasteiger partial charge in [0.1, 0.15) is 11.4 Å². The Hall–Kier alpha value is -1.78. The molecule has 1 amide bonds. The minimum absolute atomic E-state index is 0.267. The van der Waals surface area contributed by atoms with Gasteiger partial charge >= 0.3 is 6.09 Å². The van der Waals surface area contributed by atoms with Crippen molar-refractivity contribution in [2.45, 2.75) is 45.8 Å². The Morgan fingerprint density at radius 1 is 1.42 bits per heavy atom. The lowest BCUT2D eigenvalue weighted by Gasteiger charge is -2.26. The topological polar surface area (TPSA) is 68.5 Å². The number of amides is 1. The Balaban J connectivity index is 2.13. The van der Waals surface area contributed by atoms with Crippen molar-refractivity contribution in [3.8, 4) is 0 Å². The van der Waals surface area contributed by atoms with E-state index in [0.29, 0.717) is 18.9 Å². The van der Waals surface area contributed by atoms with Crippen molar-refractivity contribution in [2.24, 2.45) is 0 Å². The van der Waals surface area contributed by atoms with Gasteiger partial charge in [0, 0.05) is 12.2 Å². The van der Waals surface area contributed by atoms with Crippen LogP contribution in [0.15, 0.2) is 12.1 Å². The number of carbonyl (C=O) groups excluding carboxylic acids is 1. The zero-order valence-electron chi connectivity index (χ0n) is 11.8. The summed E-state index contributed by atoms with van der Waals surface area (Å²) in [5, 5.41) is 0. The highest BCUT2D eigenvalue weighted by molar-refractivity contribution is 5.68. The van der Waals surface area contributed by atoms with E-state index in [1.165, 1.54) is 0 Å². The zero-order valence-corrected chi connectivity index (χ0v) is 11.8. The normalized spacial score (nSPS) is 15.6. The molecule has 0 aliphatic carbocycles. The second kappa shape index (κ2) is 5.07. The van der Waals surface area contributed by atoms with Crippen molar-refractivity contribution < 1.29 is 9.53 Å². The molecule has 2 heterocycles. The highest BCUT2D eigenvalue weighted by Crippen LogP contribution is 2.20. The van der Waals surface area contributed by atoms with Crippen LogP contribution >= 0.6 is 0 Å². The first-order chi connectivity index (χ1) is 8.85. The molecule has 2 N–H and O–H groups in total.